The summed E-state index contributed by atoms with van der Waals surface area (Å²) in [5.74, 6) is -0.913. The summed E-state index contributed by atoms with van der Waals surface area (Å²) in [6.45, 7) is 2.77. The van der Waals surface area contributed by atoms with Crippen molar-refractivity contribution in [3.63, 3.8) is 0 Å². The van der Waals surface area contributed by atoms with Crippen molar-refractivity contribution in [1.29, 1.82) is 0 Å². The molecule has 0 spiro atoms. The molecule has 0 aliphatic carbocycles. The molecule has 0 saturated carbocycles. The molecule has 3 atom stereocenters. The van der Waals surface area contributed by atoms with Crippen LogP contribution in [0.5, 0.6) is 11.5 Å². The fourth-order valence-corrected chi connectivity index (χ4v) is 7.49. The van der Waals surface area contributed by atoms with Crippen molar-refractivity contribution in [2.24, 2.45) is 5.92 Å². The number of benzene rings is 3. The van der Waals surface area contributed by atoms with Gasteiger partial charge in [0.1, 0.15) is 16.1 Å². The first kappa shape index (κ1) is 34.4. The lowest BCUT2D eigenvalue weighted by Gasteiger charge is -2.44. The summed E-state index contributed by atoms with van der Waals surface area (Å²) in [6.07, 6.45) is 4.37. The number of carboxylic acids is 1. The fraction of sp³-hybridized carbons (Fsp3) is 0.324. The number of hydrogen-bond donors (Lipinski definition) is 2. The highest BCUT2D eigenvalue weighted by molar-refractivity contribution is 6.35. The lowest BCUT2D eigenvalue weighted by Crippen LogP contribution is -2.52. The van der Waals surface area contributed by atoms with Crippen LogP contribution in [0.4, 0.5) is 5.69 Å². The standard InChI is InChI=1S/C37H37Cl2N3O7/c1-47-32-11-8-24(16-33(32)48-2)27(18-29-30(38)19-42(46)20-31(29)39)28-17-25(9-10-26(28)36(43)44)40-35(23-6-4-3-5-7-23)37(45)49-34-21-41-14-12-22(34)13-15-41/h3-11,16-17,19-20,22,27,34-35,40H,12-15,18,21H2,1-2H3,(H,43,44)/t27-,34-,35?/m0/s1. The second-order valence-corrected chi connectivity index (χ2v) is 13.2. The Balaban J connectivity index is 1.41. The van der Waals surface area contributed by atoms with Crippen molar-refractivity contribution in [3.05, 3.63) is 122 Å². The zero-order valence-corrected chi connectivity index (χ0v) is 28.6. The van der Waals surface area contributed by atoms with Gasteiger partial charge < -0.3 is 29.8 Å². The van der Waals surface area contributed by atoms with E-state index in [-0.39, 0.29) is 28.1 Å². The van der Waals surface area contributed by atoms with E-state index in [4.69, 9.17) is 37.4 Å². The minimum absolute atomic E-state index is 0.0403. The largest absolute Gasteiger partial charge is 0.619 e. The van der Waals surface area contributed by atoms with Gasteiger partial charge >= 0.3 is 11.9 Å². The van der Waals surface area contributed by atoms with Gasteiger partial charge in [0.05, 0.1) is 19.8 Å². The predicted octanol–water partition coefficient (Wildman–Crippen LogP) is 6.51. The molecule has 3 saturated heterocycles. The van der Waals surface area contributed by atoms with Crippen molar-refractivity contribution in [3.8, 4) is 11.5 Å². The first-order valence-corrected chi connectivity index (χ1v) is 16.8. The molecule has 3 aliphatic heterocycles. The number of fused-ring (bicyclic) bond motifs is 3. The molecule has 1 aromatic heterocycles. The third kappa shape index (κ3) is 7.56. The Kier molecular flexibility index (Phi) is 10.5. The molecular formula is C37H37Cl2N3O7. The number of hydrogen-bond acceptors (Lipinski definition) is 8. The van der Waals surface area contributed by atoms with Crippen LogP contribution in [0.2, 0.25) is 10.0 Å². The third-order valence-electron chi connectivity index (χ3n) is 9.48. The maximum absolute atomic E-state index is 13.9. The minimum Gasteiger partial charge on any atom is -0.619 e. The first-order chi connectivity index (χ1) is 23.6. The molecule has 49 heavy (non-hydrogen) atoms. The van der Waals surface area contributed by atoms with Crippen LogP contribution in [-0.4, -0.2) is 61.9 Å². The topological polar surface area (TPSA) is 124 Å². The van der Waals surface area contributed by atoms with Crippen LogP contribution in [0.1, 0.15) is 57.4 Å². The Bertz CT molecular complexity index is 1810. The molecule has 0 radical (unpaired) electrons. The number of methoxy groups -OCH3 is 2. The normalized spacial score (nSPS) is 19.5. The van der Waals surface area contributed by atoms with E-state index in [1.165, 1.54) is 32.7 Å². The number of nitrogens with zero attached hydrogens (tertiary/aromatic N) is 2. The Labute approximate surface area is 294 Å². The smallest absolute Gasteiger partial charge is 0.335 e. The summed E-state index contributed by atoms with van der Waals surface area (Å²) in [5.41, 5.74) is 2.83. The van der Waals surface area contributed by atoms with Gasteiger partial charge in [0.25, 0.3) is 0 Å². The van der Waals surface area contributed by atoms with Gasteiger partial charge in [-0.05, 0) is 85.3 Å². The number of pyridine rings is 1. The molecule has 10 nitrogen and oxygen atoms in total. The molecule has 2 bridgehead atoms. The number of anilines is 1. The van der Waals surface area contributed by atoms with E-state index in [1.807, 2.05) is 36.4 Å². The number of nitrogens with one attached hydrogen (secondary N) is 1. The molecule has 2 N–H and O–H groups in total. The van der Waals surface area contributed by atoms with Crippen molar-refractivity contribution in [2.75, 3.05) is 39.2 Å². The van der Waals surface area contributed by atoms with Crippen LogP contribution in [-0.2, 0) is 16.0 Å². The molecule has 256 valence electrons. The summed E-state index contributed by atoms with van der Waals surface area (Å²) in [6, 6.07) is 18.6. The van der Waals surface area contributed by atoms with E-state index in [9.17, 15) is 19.9 Å². The van der Waals surface area contributed by atoms with Gasteiger partial charge in [-0.15, -0.1) is 0 Å². The lowest BCUT2D eigenvalue weighted by atomic mass is 9.83. The fourth-order valence-electron chi connectivity index (χ4n) is 6.89. The van der Waals surface area contributed by atoms with Crippen LogP contribution in [0.3, 0.4) is 0 Å². The molecule has 7 rings (SSSR count). The number of carboxylic acid groups (broad SMARTS) is 1. The van der Waals surface area contributed by atoms with E-state index in [2.05, 4.69) is 10.2 Å². The SMILES string of the molecule is COc1ccc([C@H](Cc2c(Cl)c[n+]([O-])cc2Cl)c2cc(NC(C(=O)O[C@H]3CN4CCC3CC4)c3ccccc3)ccc2C(=O)O)cc1OC. The van der Waals surface area contributed by atoms with Gasteiger partial charge in [0, 0.05) is 23.7 Å². The van der Waals surface area contributed by atoms with Crippen molar-refractivity contribution in [1.82, 2.24) is 4.90 Å². The number of aromatic carboxylic acids is 1. The zero-order chi connectivity index (χ0) is 34.7. The van der Waals surface area contributed by atoms with Gasteiger partial charge in [-0.2, -0.15) is 4.73 Å². The number of carbonyl (C=O) groups is 2. The Morgan fingerprint density at radius 1 is 0.959 bits per heavy atom. The van der Waals surface area contributed by atoms with Crippen LogP contribution in [0, 0.1) is 11.1 Å². The molecular weight excluding hydrogens is 669 g/mol. The van der Waals surface area contributed by atoms with Gasteiger partial charge in [0.2, 0.25) is 0 Å². The Morgan fingerprint density at radius 3 is 2.27 bits per heavy atom. The second-order valence-electron chi connectivity index (χ2n) is 12.4. The second kappa shape index (κ2) is 14.9. The number of carbonyl (C=O) groups excluding carboxylic acids is 1. The highest BCUT2D eigenvalue weighted by atomic mass is 35.5. The number of aromatic nitrogens is 1. The predicted molar refractivity (Wildman–Crippen MR) is 186 cm³/mol. The van der Waals surface area contributed by atoms with Gasteiger partial charge in [-0.3, -0.25) is 4.90 Å². The van der Waals surface area contributed by atoms with Crippen LogP contribution in [0.25, 0.3) is 0 Å². The Hall–Kier alpha value is -4.51. The number of esters is 1. The number of piperidine rings is 3. The molecule has 3 fully saturated rings. The van der Waals surface area contributed by atoms with E-state index < -0.39 is 23.9 Å². The summed E-state index contributed by atoms with van der Waals surface area (Å²) >= 11 is 13.1. The molecule has 4 aromatic rings. The van der Waals surface area contributed by atoms with Crippen molar-refractivity contribution < 1.29 is 33.6 Å². The molecule has 1 unspecified atom stereocenters. The monoisotopic (exact) mass is 705 g/mol. The summed E-state index contributed by atoms with van der Waals surface area (Å²) < 4.78 is 17.7. The summed E-state index contributed by atoms with van der Waals surface area (Å²) in [5, 5.41) is 26.1. The highest BCUT2D eigenvalue weighted by Gasteiger charge is 2.38. The number of halogens is 2. The maximum atomic E-state index is 13.9. The zero-order valence-electron chi connectivity index (χ0n) is 27.1. The minimum atomic E-state index is -1.14. The number of rotatable bonds is 12. The average Bonchev–Trinajstić information content (AvgIpc) is 3.10. The molecule has 4 heterocycles. The Morgan fingerprint density at radius 2 is 1.65 bits per heavy atom. The molecule has 3 aliphatic rings. The van der Waals surface area contributed by atoms with Crippen LogP contribution in [0.15, 0.2) is 79.1 Å². The maximum Gasteiger partial charge on any atom is 0.335 e. The van der Waals surface area contributed by atoms with E-state index in [0.29, 0.717) is 50.1 Å². The number of ether oxygens (including phenoxy) is 3. The van der Waals surface area contributed by atoms with Crippen LogP contribution < -0.4 is 19.5 Å². The summed E-state index contributed by atoms with van der Waals surface area (Å²) in [4.78, 5) is 29.0. The van der Waals surface area contributed by atoms with Crippen molar-refractivity contribution in [2.45, 2.75) is 37.3 Å². The first-order valence-electron chi connectivity index (χ1n) is 16.0. The molecule has 3 aromatic carbocycles. The third-order valence-corrected chi connectivity index (χ3v) is 10.1. The van der Waals surface area contributed by atoms with E-state index >= 15 is 0 Å². The van der Waals surface area contributed by atoms with E-state index in [0.717, 1.165) is 32.5 Å². The lowest BCUT2D eigenvalue weighted by molar-refractivity contribution is -0.605. The van der Waals surface area contributed by atoms with Gasteiger partial charge in [-0.1, -0.05) is 59.6 Å². The highest BCUT2D eigenvalue weighted by Crippen LogP contribution is 2.40. The van der Waals surface area contributed by atoms with Gasteiger partial charge in [-0.25, -0.2) is 9.59 Å². The average molecular weight is 707 g/mol. The summed E-state index contributed by atoms with van der Waals surface area (Å²) in [7, 11) is 3.04. The van der Waals surface area contributed by atoms with Crippen LogP contribution >= 0.6 is 23.2 Å². The van der Waals surface area contributed by atoms with Crippen molar-refractivity contribution >= 4 is 40.8 Å². The van der Waals surface area contributed by atoms with Gasteiger partial charge in [0.15, 0.2) is 29.9 Å². The molecule has 12 heteroatoms. The quantitative estimate of drug-likeness (QED) is 0.0965. The van der Waals surface area contributed by atoms with E-state index in [1.54, 1.807) is 24.3 Å². The molecule has 0 amide bonds.